The highest BCUT2D eigenvalue weighted by atomic mass is 14.2. The van der Waals surface area contributed by atoms with Crippen molar-refractivity contribution in [2.75, 3.05) is 0 Å². The van der Waals surface area contributed by atoms with Gasteiger partial charge < -0.3 is 0 Å². The Morgan fingerprint density at radius 3 is 2.21 bits per heavy atom. The Balaban J connectivity index is 1.72. The van der Waals surface area contributed by atoms with E-state index in [1.807, 2.05) is 0 Å². The Hall–Kier alpha value is -2.86. The second kappa shape index (κ2) is 8.66. The van der Waals surface area contributed by atoms with Crippen molar-refractivity contribution in [2.24, 2.45) is 0 Å². The lowest BCUT2D eigenvalue weighted by Crippen LogP contribution is -1.98. The van der Waals surface area contributed by atoms with Crippen LogP contribution < -0.4 is 0 Å². The third-order valence-electron chi connectivity index (χ3n) is 6.05. The summed E-state index contributed by atoms with van der Waals surface area (Å²) in [7, 11) is 0. The van der Waals surface area contributed by atoms with Gasteiger partial charge in [-0.25, -0.2) is 0 Å². The van der Waals surface area contributed by atoms with E-state index in [1.165, 1.54) is 44.5 Å². The highest BCUT2D eigenvalue weighted by Crippen LogP contribution is 2.36. The molecule has 4 rings (SSSR count). The molecule has 0 saturated carbocycles. The molecule has 0 spiro atoms. The number of rotatable bonds is 5. The summed E-state index contributed by atoms with van der Waals surface area (Å²) < 4.78 is 0. The maximum atomic E-state index is 2.34. The van der Waals surface area contributed by atoms with Crippen LogP contribution in [0.3, 0.4) is 0 Å². The Morgan fingerprint density at radius 1 is 0.793 bits per heavy atom. The van der Waals surface area contributed by atoms with Crippen LogP contribution in [-0.4, -0.2) is 0 Å². The topological polar surface area (TPSA) is 0 Å². The summed E-state index contributed by atoms with van der Waals surface area (Å²) in [6.07, 6.45) is 10.3. The standard InChI is InChI=1S/C29H30/c1-4-8-28-27(11-7-12-29(28)26-10-6-5-9-22(26)3)25-19-17-24(18-20-25)23-15-13-21(2)14-16-23/h5-7,9-15,17-20,23H,4,8,16H2,1-3H3. The van der Waals surface area contributed by atoms with Crippen molar-refractivity contribution in [1.82, 2.24) is 0 Å². The van der Waals surface area contributed by atoms with Crippen molar-refractivity contribution in [1.29, 1.82) is 0 Å². The largest absolute Gasteiger partial charge is 0.0807 e. The van der Waals surface area contributed by atoms with Crippen molar-refractivity contribution in [2.45, 2.75) is 46.0 Å². The summed E-state index contributed by atoms with van der Waals surface area (Å²) in [5, 5.41) is 0. The molecule has 0 N–H and O–H groups in total. The molecule has 0 amide bonds. The molecule has 0 heteroatoms. The summed E-state index contributed by atoms with van der Waals surface area (Å²) in [6, 6.07) is 24.8. The van der Waals surface area contributed by atoms with Crippen LogP contribution in [0.2, 0.25) is 0 Å². The quantitative estimate of drug-likeness (QED) is 0.419. The van der Waals surface area contributed by atoms with Gasteiger partial charge >= 0.3 is 0 Å². The molecule has 0 saturated heterocycles. The zero-order valence-corrected chi connectivity index (χ0v) is 17.8. The summed E-state index contributed by atoms with van der Waals surface area (Å²) in [6.45, 7) is 6.65. The first-order valence-corrected chi connectivity index (χ1v) is 10.8. The van der Waals surface area contributed by atoms with Gasteiger partial charge in [0.25, 0.3) is 0 Å². The predicted octanol–water partition coefficient (Wildman–Crippen LogP) is 8.27. The van der Waals surface area contributed by atoms with Gasteiger partial charge in [0, 0.05) is 5.92 Å². The maximum Gasteiger partial charge on any atom is 0.00559 e. The van der Waals surface area contributed by atoms with Crippen LogP contribution in [0.15, 0.2) is 90.5 Å². The Bertz CT molecular complexity index is 1050. The van der Waals surface area contributed by atoms with E-state index in [0.29, 0.717) is 5.92 Å². The first kappa shape index (κ1) is 19.5. The second-order valence-corrected chi connectivity index (χ2v) is 8.17. The molecule has 0 aromatic heterocycles. The molecular weight excluding hydrogens is 348 g/mol. The fourth-order valence-corrected chi connectivity index (χ4v) is 4.39. The predicted molar refractivity (Wildman–Crippen MR) is 126 cm³/mol. The van der Waals surface area contributed by atoms with Gasteiger partial charge in [0.15, 0.2) is 0 Å². The summed E-state index contributed by atoms with van der Waals surface area (Å²) in [5.74, 6) is 0.501. The molecule has 146 valence electrons. The number of hydrogen-bond acceptors (Lipinski definition) is 0. The summed E-state index contributed by atoms with van der Waals surface area (Å²) >= 11 is 0. The van der Waals surface area contributed by atoms with Gasteiger partial charge in [-0.15, -0.1) is 0 Å². The molecule has 0 bridgehead atoms. The normalized spacial score (nSPS) is 16.0. The summed E-state index contributed by atoms with van der Waals surface area (Å²) in [4.78, 5) is 0. The van der Waals surface area contributed by atoms with Crippen molar-refractivity contribution < 1.29 is 0 Å². The first-order chi connectivity index (χ1) is 14.2. The molecule has 0 fully saturated rings. The molecule has 1 aliphatic rings. The van der Waals surface area contributed by atoms with Crippen LogP contribution in [0.5, 0.6) is 0 Å². The van der Waals surface area contributed by atoms with Crippen LogP contribution in [-0.2, 0) is 6.42 Å². The van der Waals surface area contributed by atoms with Crippen molar-refractivity contribution in [3.05, 3.63) is 107 Å². The SMILES string of the molecule is CCCc1c(-c2ccc(C3C=CC(C)=CC3)cc2)cccc1-c1ccccc1C. The minimum absolute atomic E-state index is 0.501. The fourth-order valence-electron chi connectivity index (χ4n) is 4.39. The van der Waals surface area contributed by atoms with Crippen LogP contribution in [0, 0.1) is 6.92 Å². The molecule has 1 unspecified atom stereocenters. The van der Waals surface area contributed by atoms with E-state index < -0.39 is 0 Å². The third-order valence-corrected chi connectivity index (χ3v) is 6.05. The lowest BCUT2D eigenvalue weighted by Gasteiger charge is -2.18. The minimum atomic E-state index is 0.501. The molecule has 1 atom stereocenters. The summed E-state index contributed by atoms with van der Waals surface area (Å²) in [5.41, 5.74) is 11.0. The van der Waals surface area contributed by atoms with Crippen LogP contribution in [0.4, 0.5) is 0 Å². The Labute approximate surface area is 175 Å². The molecule has 0 heterocycles. The molecule has 3 aromatic carbocycles. The maximum absolute atomic E-state index is 2.34. The number of hydrogen-bond donors (Lipinski definition) is 0. The van der Waals surface area contributed by atoms with Crippen LogP contribution in [0.1, 0.15) is 49.3 Å². The average molecular weight is 379 g/mol. The fraction of sp³-hybridized carbons (Fsp3) is 0.241. The lowest BCUT2D eigenvalue weighted by molar-refractivity contribution is 0.845. The lowest BCUT2D eigenvalue weighted by atomic mass is 9.86. The smallest absolute Gasteiger partial charge is 0.00559 e. The highest BCUT2D eigenvalue weighted by Gasteiger charge is 2.14. The van der Waals surface area contributed by atoms with E-state index in [-0.39, 0.29) is 0 Å². The van der Waals surface area contributed by atoms with Crippen LogP contribution >= 0.6 is 0 Å². The van der Waals surface area contributed by atoms with Gasteiger partial charge in [0.2, 0.25) is 0 Å². The van der Waals surface area contributed by atoms with E-state index >= 15 is 0 Å². The van der Waals surface area contributed by atoms with E-state index in [1.54, 1.807) is 0 Å². The van der Waals surface area contributed by atoms with Crippen molar-refractivity contribution >= 4 is 0 Å². The van der Waals surface area contributed by atoms with Crippen molar-refractivity contribution in [3.8, 4) is 22.3 Å². The Kier molecular flexibility index (Phi) is 5.81. The number of aryl methyl sites for hydroxylation is 1. The van der Waals surface area contributed by atoms with E-state index in [9.17, 15) is 0 Å². The zero-order chi connectivity index (χ0) is 20.2. The van der Waals surface area contributed by atoms with Gasteiger partial charge in [0.05, 0.1) is 0 Å². The molecule has 0 radical (unpaired) electrons. The average Bonchev–Trinajstić information content (AvgIpc) is 2.75. The molecule has 29 heavy (non-hydrogen) atoms. The van der Waals surface area contributed by atoms with E-state index in [2.05, 4.69) is 106 Å². The molecular formula is C29H30. The number of benzene rings is 3. The van der Waals surface area contributed by atoms with Crippen molar-refractivity contribution in [3.63, 3.8) is 0 Å². The van der Waals surface area contributed by atoms with Crippen LogP contribution in [0.25, 0.3) is 22.3 Å². The van der Waals surface area contributed by atoms with E-state index in [4.69, 9.17) is 0 Å². The highest BCUT2D eigenvalue weighted by molar-refractivity contribution is 5.80. The van der Waals surface area contributed by atoms with E-state index in [0.717, 1.165) is 19.3 Å². The number of allylic oxidation sites excluding steroid dienone is 4. The minimum Gasteiger partial charge on any atom is -0.0807 e. The van der Waals surface area contributed by atoms with Gasteiger partial charge in [-0.05, 0) is 65.6 Å². The third kappa shape index (κ3) is 4.12. The monoisotopic (exact) mass is 378 g/mol. The molecule has 0 nitrogen and oxygen atoms in total. The van der Waals surface area contributed by atoms with Gasteiger partial charge in [-0.2, -0.15) is 0 Å². The molecule has 0 aliphatic heterocycles. The van der Waals surface area contributed by atoms with Gasteiger partial charge in [0.1, 0.15) is 0 Å². The second-order valence-electron chi connectivity index (χ2n) is 8.17. The van der Waals surface area contributed by atoms with Gasteiger partial charge in [-0.1, -0.05) is 104 Å². The molecule has 1 aliphatic carbocycles. The molecule has 3 aromatic rings. The van der Waals surface area contributed by atoms with Gasteiger partial charge in [-0.3, -0.25) is 0 Å². The zero-order valence-electron chi connectivity index (χ0n) is 17.8. The first-order valence-electron chi connectivity index (χ1n) is 10.8. The Morgan fingerprint density at radius 2 is 1.52 bits per heavy atom.